The van der Waals surface area contributed by atoms with E-state index in [0.717, 1.165) is 68.8 Å². The highest BCUT2D eigenvalue weighted by Gasteiger charge is 2.82. The molecular formula is C48H64Cl2N2O8. The molecule has 5 saturated carbocycles. The van der Waals surface area contributed by atoms with E-state index in [4.69, 9.17) is 14.2 Å². The minimum Gasteiger partial charge on any atom is -0.504 e. The van der Waals surface area contributed by atoms with Gasteiger partial charge in [-0.15, -0.1) is 31.4 Å². The Morgan fingerprint density at radius 3 is 2.12 bits per heavy atom. The molecule has 7 aliphatic carbocycles. The second-order valence-corrected chi connectivity index (χ2v) is 21.4. The molecule has 6 bridgehead atoms. The fourth-order valence-corrected chi connectivity index (χ4v) is 15.4. The Kier molecular flexibility index (Phi) is 9.59. The third kappa shape index (κ3) is 4.88. The van der Waals surface area contributed by atoms with Crippen molar-refractivity contribution < 1.29 is 39.4 Å². The number of hydrogen-bond donors (Lipinski definition) is 4. The van der Waals surface area contributed by atoms with Gasteiger partial charge in [0.25, 0.3) is 0 Å². The summed E-state index contributed by atoms with van der Waals surface area (Å²) in [5.74, 6) is 2.33. The number of fused-ring (bicyclic) bond motifs is 2. The monoisotopic (exact) mass is 866 g/mol. The molecule has 2 aromatic carbocycles. The number of phenols is 2. The number of piperidine rings is 2. The Bertz CT molecular complexity index is 2140. The molecule has 2 saturated heterocycles. The molecular weight excluding hydrogens is 803 g/mol. The van der Waals surface area contributed by atoms with E-state index in [9.17, 15) is 25.2 Å². The van der Waals surface area contributed by atoms with Crippen molar-refractivity contribution in [1.82, 2.24) is 9.80 Å². The number of benzene rings is 2. The van der Waals surface area contributed by atoms with Gasteiger partial charge in [0, 0.05) is 73.1 Å². The van der Waals surface area contributed by atoms with Gasteiger partial charge in [-0.25, -0.2) is 0 Å². The highest BCUT2D eigenvalue weighted by Crippen LogP contribution is 2.78. The van der Waals surface area contributed by atoms with Crippen molar-refractivity contribution in [3.63, 3.8) is 0 Å². The van der Waals surface area contributed by atoms with Crippen molar-refractivity contribution in [2.75, 3.05) is 33.3 Å². The van der Waals surface area contributed by atoms with Crippen molar-refractivity contribution in [2.45, 2.75) is 150 Å². The number of aromatic hydroxyl groups is 2. The number of phenolic OH excluding ortho intramolecular Hbond substituents is 2. The number of rotatable bonds is 6. The van der Waals surface area contributed by atoms with Gasteiger partial charge in [0.2, 0.25) is 0 Å². The average Bonchev–Trinajstić information content (AvgIpc) is 3.82. The first kappa shape index (κ1) is 42.7. The van der Waals surface area contributed by atoms with Gasteiger partial charge in [-0.2, -0.15) is 0 Å². The molecule has 12 heteroatoms. The van der Waals surface area contributed by atoms with Crippen LogP contribution in [0.15, 0.2) is 36.9 Å². The number of halogens is 2. The van der Waals surface area contributed by atoms with Crippen LogP contribution < -0.4 is 9.47 Å². The minimum atomic E-state index is -1.00. The highest BCUT2D eigenvalue weighted by atomic mass is 35.5. The molecule has 0 aromatic heterocycles. The lowest BCUT2D eigenvalue weighted by molar-refractivity contribution is -0.312. The van der Waals surface area contributed by atoms with E-state index in [1.54, 1.807) is 6.07 Å². The Balaban J connectivity index is 0.000000158. The quantitative estimate of drug-likeness (QED) is 0.237. The molecule has 2 aromatic rings. The van der Waals surface area contributed by atoms with Gasteiger partial charge in [0.1, 0.15) is 11.7 Å². The zero-order valence-electron chi connectivity index (χ0n) is 35.8. The number of ether oxygens (including phenoxy) is 3. The van der Waals surface area contributed by atoms with Gasteiger partial charge < -0.3 is 34.6 Å². The number of nitrogens with zero attached hydrogens (tertiary/aromatic N) is 2. The number of likely N-dealkylation sites (tertiary alicyclic amines) is 2. The van der Waals surface area contributed by atoms with Crippen LogP contribution in [-0.2, 0) is 33.2 Å². The van der Waals surface area contributed by atoms with Crippen LogP contribution in [0, 0.1) is 22.7 Å². The van der Waals surface area contributed by atoms with Gasteiger partial charge >= 0.3 is 0 Å². The van der Waals surface area contributed by atoms with Gasteiger partial charge in [-0.1, -0.05) is 39.0 Å². The van der Waals surface area contributed by atoms with E-state index < -0.39 is 28.3 Å². The molecule has 10 nitrogen and oxygen atoms in total. The van der Waals surface area contributed by atoms with Crippen molar-refractivity contribution in [2.24, 2.45) is 22.7 Å². The van der Waals surface area contributed by atoms with Crippen molar-refractivity contribution in [3.05, 3.63) is 59.2 Å². The zero-order valence-corrected chi connectivity index (χ0v) is 37.4. The van der Waals surface area contributed by atoms with Crippen LogP contribution in [0.1, 0.15) is 108 Å². The third-order valence-corrected chi connectivity index (χ3v) is 18.6. The first-order chi connectivity index (χ1) is 27.5. The molecule has 0 radical (unpaired) electrons. The summed E-state index contributed by atoms with van der Waals surface area (Å²) >= 11 is 0. The predicted molar refractivity (Wildman–Crippen MR) is 232 cm³/mol. The van der Waals surface area contributed by atoms with E-state index in [1.807, 2.05) is 32.2 Å². The van der Waals surface area contributed by atoms with Gasteiger partial charge in [-0.05, 0) is 112 Å². The Hall–Kier alpha value is -2.57. The molecule has 11 aliphatic rings. The molecule has 11 atom stereocenters. The van der Waals surface area contributed by atoms with Crippen LogP contribution in [-0.4, -0.2) is 110 Å². The van der Waals surface area contributed by atoms with Crippen LogP contribution >= 0.6 is 24.8 Å². The maximum absolute atomic E-state index is 12.6. The van der Waals surface area contributed by atoms with E-state index >= 15 is 0 Å². The predicted octanol–water partition coefficient (Wildman–Crippen LogP) is 6.56. The normalized spacial score (nSPS) is 40.6. The second-order valence-electron chi connectivity index (χ2n) is 21.4. The third-order valence-electron chi connectivity index (χ3n) is 18.6. The number of carbonyl (C=O) groups is 1. The summed E-state index contributed by atoms with van der Waals surface area (Å²) in [6, 6.07) is 7.98. The van der Waals surface area contributed by atoms with Crippen LogP contribution in [0.25, 0.3) is 0 Å². The lowest BCUT2D eigenvalue weighted by Crippen LogP contribution is -2.83. The maximum atomic E-state index is 12.6. The average molecular weight is 868 g/mol. The maximum Gasteiger partial charge on any atom is 0.174 e. The minimum absolute atomic E-state index is 0. The molecule has 4 N–H and O–H groups in total. The standard InChI is InChI=1S/C29H41NO4.C19H21NO4.2ClH/c1-25(2,3)26(4,32)20-15-27-10-11-29(20,33-5)24-28(27)12-13-30(16-17-6-7-17)21(27)14-18-8-9-19(31)23(34-24)22(18)28;1-2-8-20-9-7-18-15-11-3-4-12(21)16(15)24-17(18)13(22)5-6-19(18,23)14(20)10-11;;/h8-9,17,20-21,24,31-32H,6-7,10-16H2,1-5H3;2-4,14,17,21,23H,1,5-10H2;2*1H/t20-,21-,24-,26+,27-,28+,29-;14-,17+,18+,19-;;/m11../s1. The number of Topliss-reactive ketones (excluding diaryl/α,β-unsaturated/α-hetero) is 1. The molecule has 0 unspecified atom stereocenters. The van der Waals surface area contributed by atoms with Crippen LogP contribution in [0.5, 0.6) is 23.0 Å². The molecule has 3 spiro atoms. The SMILES string of the molecule is C=CCN1CC[C@]23c4c5ccc(O)c4O[C@H]2C(=O)CC[C@@]3(O)[C@H]1C5.CO[C@]12CC[C@@]3(C[C@@H]1[C@](C)(O)C(C)(C)C)[C@H]1Cc4ccc(O)c5c4[C@@]3(CCN1CC1CC1)[C@H]2O5.Cl.Cl. The summed E-state index contributed by atoms with van der Waals surface area (Å²) in [5.41, 5.74) is 1.04. The van der Waals surface area contributed by atoms with E-state index in [-0.39, 0.29) is 76.4 Å². The van der Waals surface area contributed by atoms with Crippen molar-refractivity contribution >= 4 is 30.6 Å². The van der Waals surface area contributed by atoms with E-state index in [2.05, 4.69) is 43.2 Å². The second kappa shape index (κ2) is 13.5. The lowest BCUT2D eigenvalue weighted by atomic mass is 9.33. The fraction of sp³-hybridized carbons (Fsp3) is 0.688. The van der Waals surface area contributed by atoms with E-state index in [0.29, 0.717) is 43.2 Å². The molecule has 4 aliphatic heterocycles. The highest BCUT2D eigenvalue weighted by molar-refractivity contribution is 5.90. The number of carbonyl (C=O) groups excluding carboxylic acids is 1. The number of ketones is 1. The molecule has 13 rings (SSSR count). The smallest absolute Gasteiger partial charge is 0.174 e. The summed E-state index contributed by atoms with van der Waals surface area (Å²) in [5, 5.41) is 45.3. The summed E-state index contributed by atoms with van der Waals surface area (Å²) < 4.78 is 19.4. The van der Waals surface area contributed by atoms with Crippen molar-refractivity contribution in [3.8, 4) is 23.0 Å². The van der Waals surface area contributed by atoms with Crippen LogP contribution in [0.2, 0.25) is 0 Å². The van der Waals surface area contributed by atoms with Crippen LogP contribution in [0.3, 0.4) is 0 Å². The van der Waals surface area contributed by atoms with Gasteiger partial charge in [0.15, 0.2) is 34.9 Å². The number of methoxy groups -OCH3 is 1. The zero-order chi connectivity index (χ0) is 40.6. The fourth-order valence-electron chi connectivity index (χ4n) is 15.4. The van der Waals surface area contributed by atoms with E-state index in [1.165, 1.54) is 30.5 Å². The number of aliphatic hydroxyl groups is 2. The molecule has 328 valence electrons. The first-order valence-electron chi connectivity index (χ1n) is 22.2. The molecule has 7 fully saturated rings. The lowest BCUT2D eigenvalue weighted by Gasteiger charge is -2.75. The topological polar surface area (TPSA) is 132 Å². The van der Waals surface area contributed by atoms with Crippen LogP contribution in [0.4, 0.5) is 0 Å². The first-order valence-corrected chi connectivity index (χ1v) is 22.2. The molecule has 4 heterocycles. The Labute approximate surface area is 366 Å². The number of hydrogen-bond acceptors (Lipinski definition) is 10. The summed E-state index contributed by atoms with van der Waals surface area (Å²) in [6.45, 7) is 16.2. The largest absolute Gasteiger partial charge is 0.504 e. The summed E-state index contributed by atoms with van der Waals surface area (Å²) in [6.07, 6.45) is 11.0. The summed E-state index contributed by atoms with van der Waals surface area (Å²) in [7, 11) is 1.83. The van der Waals surface area contributed by atoms with Crippen molar-refractivity contribution in [1.29, 1.82) is 0 Å². The molecule has 0 amide bonds. The van der Waals surface area contributed by atoms with Gasteiger partial charge in [-0.3, -0.25) is 14.6 Å². The van der Waals surface area contributed by atoms with Gasteiger partial charge in [0.05, 0.1) is 16.6 Å². The Morgan fingerprint density at radius 1 is 0.867 bits per heavy atom. The molecule has 60 heavy (non-hydrogen) atoms. The Morgan fingerprint density at radius 2 is 1.48 bits per heavy atom. The summed E-state index contributed by atoms with van der Waals surface area (Å²) in [4.78, 5) is 17.7.